The number of carbonyl (C=O) groups excluding carboxylic acids is 1. The van der Waals surface area contributed by atoms with Gasteiger partial charge in [-0.15, -0.1) is 0 Å². The van der Waals surface area contributed by atoms with Crippen LogP contribution in [-0.2, 0) is 26.9 Å². The van der Waals surface area contributed by atoms with Gasteiger partial charge < -0.3 is 20.9 Å². The Hall–Kier alpha value is -2.35. The summed E-state index contributed by atoms with van der Waals surface area (Å²) in [5.41, 5.74) is 6.77. The molecule has 1 atom stereocenters. The zero-order valence-electron chi connectivity index (χ0n) is 18.7. The third-order valence-corrected chi connectivity index (χ3v) is 6.46. The molecule has 32 heavy (non-hydrogen) atoms. The first-order valence-electron chi connectivity index (χ1n) is 11.0. The number of hydrogen-bond donors (Lipinski definition) is 3. The zero-order valence-corrected chi connectivity index (χ0v) is 18.7. The van der Waals surface area contributed by atoms with Crippen LogP contribution in [0.3, 0.4) is 0 Å². The first-order valence-corrected chi connectivity index (χ1v) is 11.0. The lowest BCUT2D eigenvalue weighted by Gasteiger charge is -2.40. The lowest BCUT2D eigenvalue weighted by molar-refractivity contribution is -0.122. The third-order valence-electron chi connectivity index (χ3n) is 6.46. The fourth-order valence-electron chi connectivity index (χ4n) is 4.14. The van der Waals surface area contributed by atoms with Crippen molar-refractivity contribution < 1.29 is 23.4 Å². The normalized spacial score (nSPS) is 17.2. The minimum Gasteiger partial charge on any atom is -0.392 e. The summed E-state index contributed by atoms with van der Waals surface area (Å²) >= 11 is 0. The van der Waals surface area contributed by atoms with Gasteiger partial charge in [0.1, 0.15) is 11.6 Å². The van der Waals surface area contributed by atoms with Gasteiger partial charge in [0.05, 0.1) is 11.5 Å². The monoisotopic (exact) mass is 446 g/mol. The van der Waals surface area contributed by atoms with E-state index in [4.69, 9.17) is 10.5 Å². The van der Waals surface area contributed by atoms with Crippen molar-refractivity contribution in [3.8, 4) is 0 Å². The number of hydrogen-bond acceptors (Lipinski definition) is 4. The summed E-state index contributed by atoms with van der Waals surface area (Å²) in [6.07, 6.45) is 1.49. The molecule has 3 rings (SSSR count). The lowest BCUT2D eigenvalue weighted by atomic mass is 9.77. The molecule has 0 aliphatic carbocycles. The van der Waals surface area contributed by atoms with Crippen LogP contribution < -0.4 is 11.1 Å². The van der Waals surface area contributed by atoms with Crippen molar-refractivity contribution in [3.63, 3.8) is 0 Å². The van der Waals surface area contributed by atoms with E-state index in [1.165, 1.54) is 12.1 Å². The number of rotatable bonds is 9. The molecule has 0 radical (unpaired) electrons. The average Bonchev–Trinajstić information content (AvgIpc) is 2.76. The number of nitrogens with two attached hydrogens (primary N) is 1. The second-order valence-corrected chi connectivity index (χ2v) is 9.12. The smallest absolute Gasteiger partial charge is 0.227 e. The number of carbonyl (C=O) groups is 1. The van der Waals surface area contributed by atoms with Gasteiger partial charge in [0.25, 0.3) is 0 Å². The van der Waals surface area contributed by atoms with Gasteiger partial charge >= 0.3 is 0 Å². The van der Waals surface area contributed by atoms with Crippen molar-refractivity contribution in [3.05, 3.63) is 70.8 Å². The third kappa shape index (κ3) is 5.71. The second kappa shape index (κ2) is 10.1. The number of aryl methyl sites for hydroxylation is 1. The molecule has 0 aromatic heterocycles. The van der Waals surface area contributed by atoms with Crippen molar-refractivity contribution in [1.82, 2.24) is 5.32 Å². The highest BCUT2D eigenvalue weighted by atomic mass is 19.1. The van der Waals surface area contributed by atoms with Gasteiger partial charge in [0.15, 0.2) is 0 Å². The van der Waals surface area contributed by atoms with E-state index in [9.17, 15) is 18.7 Å². The van der Waals surface area contributed by atoms with E-state index in [1.54, 1.807) is 13.8 Å². The van der Waals surface area contributed by atoms with E-state index in [0.717, 1.165) is 30.0 Å². The number of halogens is 2. The molecule has 4 N–H and O–H groups in total. The van der Waals surface area contributed by atoms with Crippen LogP contribution >= 0.6 is 0 Å². The van der Waals surface area contributed by atoms with Crippen LogP contribution in [0.15, 0.2) is 42.5 Å². The molecular formula is C25H32F2N2O3. The highest BCUT2D eigenvalue weighted by Crippen LogP contribution is 2.35. The highest BCUT2D eigenvalue weighted by molar-refractivity contribution is 5.85. The van der Waals surface area contributed by atoms with Crippen molar-refractivity contribution in [2.45, 2.75) is 56.6 Å². The Bertz CT molecular complexity index is 922. The van der Waals surface area contributed by atoms with E-state index < -0.39 is 34.6 Å². The number of amides is 1. The fourth-order valence-corrected chi connectivity index (χ4v) is 4.14. The van der Waals surface area contributed by atoms with E-state index in [2.05, 4.69) is 5.32 Å². The van der Waals surface area contributed by atoms with Crippen LogP contribution in [-0.4, -0.2) is 36.9 Å². The molecule has 1 saturated heterocycles. The van der Waals surface area contributed by atoms with Gasteiger partial charge in [-0.3, -0.25) is 4.79 Å². The first-order chi connectivity index (χ1) is 15.1. The molecular weight excluding hydrogens is 414 g/mol. The van der Waals surface area contributed by atoms with Crippen molar-refractivity contribution in [2.75, 3.05) is 19.8 Å². The standard InChI is InChI=1S/C25H32F2N2O3/c1-24(2,23(28)31)18-4-3-5-19(14-18)25(8-10-32-11-9-25)29-16-22(30)7-6-17-12-20(26)15-21(27)13-17/h3-5,12-15,22,29-30H,6-11,16H2,1-2H3,(H2,28,31). The molecule has 0 spiro atoms. The van der Waals surface area contributed by atoms with E-state index in [-0.39, 0.29) is 0 Å². The van der Waals surface area contributed by atoms with E-state index >= 15 is 0 Å². The number of nitrogens with one attached hydrogen (secondary N) is 1. The minimum atomic E-state index is -0.803. The quantitative estimate of drug-likeness (QED) is 0.552. The Labute approximate surface area is 188 Å². The van der Waals surface area contributed by atoms with Gasteiger partial charge in [0, 0.05) is 31.4 Å². The van der Waals surface area contributed by atoms with Crippen molar-refractivity contribution >= 4 is 5.91 Å². The molecule has 2 aromatic carbocycles. The van der Waals surface area contributed by atoms with Gasteiger partial charge in [-0.25, -0.2) is 8.78 Å². The summed E-state index contributed by atoms with van der Waals surface area (Å²) in [6.45, 7) is 5.08. The fraction of sp³-hybridized carbons (Fsp3) is 0.480. The van der Waals surface area contributed by atoms with Crippen LogP contribution in [0.4, 0.5) is 8.78 Å². The van der Waals surface area contributed by atoms with E-state index in [1.807, 2.05) is 24.3 Å². The summed E-state index contributed by atoms with van der Waals surface area (Å²) in [5, 5.41) is 14.1. The number of ether oxygens (including phenoxy) is 1. The maximum Gasteiger partial charge on any atom is 0.227 e. The molecule has 0 bridgehead atoms. The molecule has 174 valence electrons. The minimum absolute atomic E-state index is 0.321. The van der Waals surface area contributed by atoms with Crippen LogP contribution in [0.25, 0.3) is 0 Å². The maximum atomic E-state index is 13.4. The number of benzene rings is 2. The number of aliphatic hydroxyl groups excluding tert-OH is 1. The predicted octanol–water partition coefficient (Wildman–Crippen LogP) is 3.32. The summed E-state index contributed by atoms with van der Waals surface area (Å²) in [7, 11) is 0. The van der Waals surface area contributed by atoms with Gasteiger partial charge in [0.2, 0.25) is 5.91 Å². The Morgan fingerprint density at radius 2 is 1.84 bits per heavy atom. The Kier molecular flexibility index (Phi) is 7.64. The summed E-state index contributed by atoms with van der Waals surface area (Å²) in [6, 6.07) is 11.2. The Balaban J connectivity index is 1.72. The van der Waals surface area contributed by atoms with Crippen molar-refractivity contribution in [1.29, 1.82) is 0 Å². The molecule has 1 fully saturated rings. The van der Waals surface area contributed by atoms with E-state index in [0.29, 0.717) is 38.2 Å². The Morgan fingerprint density at radius 1 is 1.19 bits per heavy atom. The maximum absolute atomic E-state index is 13.4. The molecule has 1 aliphatic heterocycles. The second-order valence-electron chi connectivity index (χ2n) is 9.12. The summed E-state index contributed by atoms with van der Waals surface area (Å²) in [4.78, 5) is 11.9. The molecule has 2 aromatic rings. The average molecular weight is 447 g/mol. The largest absolute Gasteiger partial charge is 0.392 e. The molecule has 1 aliphatic rings. The van der Waals surface area contributed by atoms with Gasteiger partial charge in [-0.2, -0.15) is 0 Å². The van der Waals surface area contributed by atoms with Crippen LogP contribution in [0.5, 0.6) is 0 Å². The summed E-state index contributed by atoms with van der Waals surface area (Å²) < 4.78 is 32.4. The topological polar surface area (TPSA) is 84.6 Å². The zero-order chi connectivity index (χ0) is 23.4. The van der Waals surface area contributed by atoms with Crippen LogP contribution in [0, 0.1) is 11.6 Å². The van der Waals surface area contributed by atoms with Crippen LogP contribution in [0.2, 0.25) is 0 Å². The lowest BCUT2D eigenvalue weighted by Crippen LogP contribution is -2.49. The van der Waals surface area contributed by atoms with Crippen molar-refractivity contribution in [2.24, 2.45) is 5.73 Å². The Morgan fingerprint density at radius 3 is 2.47 bits per heavy atom. The molecule has 5 nitrogen and oxygen atoms in total. The first kappa shape index (κ1) is 24.3. The molecule has 1 heterocycles. The summed E-state index contributed by atoms with van der Waals surface area (Å²) in [5.74, 6) is -1.63. The highest BCUT2D eigenvalue weighted by Gasteiger charge is 2.36. The molecule has 0 saturated carbocycles. The molecule has 1 unspecified atom stereocenters. The SMILES string of the molecule is CC(C)(C(N)=O)c1cccc(C2(NCC(O)CCc3cc(F)cc(F)c3)CCOCC2)c1. The van der Waals surface area contributed by atoms with Crippen LogP contribution in [0.1, 0.15) is 49.8 Å². The van der Waals surface area contributed by atoms with Gasteiger partial charge in [-0.05, 0) is 68.4 Å². The van der Waals surface area contributed by atoms with Gasteiger partial charge in [-0.1, -0.05) is 24.3 Å². The molecule has 7 heteroatoms. The number of primary amides is 1. The molecule has 1 amide bonds. The predicted molar refractivity (Wildman–Crippen MR) is 119 cm³/mol. The number of aliphatic hydroxyl groups is 1.